The van der Waals surface area contributed by atoms with Crippen molar-refractivity contribution in [1.82, 2.24) is 20.1 Å². The number of hydrogen-bond donors (Lipinski definition) is 1. The zero-order valence-electron chi connectivity index (χ0n) is 10.9. The predicted octanol–water partition coefficient (Wildman–Crippen LogP) is 2.91. The van der Waals surface area contributed by atoms with Crippen molar-refractivity contribution in [2.75, 3.05) is 6.54 Å². The van der Waals surface area contributed by atoms with Crippen LogP contribution in [0, 0.1) is 0 Å². The summed E-state index contributed by atoms with van der Waals surface area (Å²) < 4.78 is 1.83. The molecule has 1 N–H and O–H groups in total. The van der Waals surface area contributed by atoms with Gasteiger partial charge in [0, 0.05) is 18.7 Å². The highest BCUT2D eigenvalue weighted by Gasteiger charge is 2.26. The number of nitrogens with one attached hydrogen (secondary N) is 1. The van der Waals surface area contributed by atoms with E-state index in [0.29, 0.717) is 17.5 Å². The standard InChI is InChI=1S/C14H17ClN4/c1-2-16-9-13-11(15)5-6-14(17-13)19-8-7-12(18-19)10-3-4-10/h5-8,10,16H,2-4,9H2,1H3. The Kier molecular flexibility index (Phi) is 3.53. The third kappa shape index (κ3) is 2.80. The Balaban J connectivity index is 1.86. The molecule has 0 amide bonds. The molecule has 1 aliphatic carbocycles. The van der Waals surface area contributed by atoms with Gasteiger partial charge in [0.25, 0.3) is 0 Å². The van der Waals surface area contributed by atoms with Gasteiger partial charge in [0.05, 0.1) is 16.4 Å². The average molecular weight is 277 g/mol. The van der Waals surface area contributed by atoms with Gasteiger partial charge in [0.15, 0.2) is 5.82 Å². The summed E-state index contributed by atoms with van der Waals surface area (Å²) in [5, 5.41) is 8.52. The molecule has 1 fully saturated rings. The van der Waals surface area contributed by atoms with Gasteiger partial charge in [0.1, 0.15) is 0 Å². The maximum Gasteiger partial charge on any atom is 0.153 e. The number of pyridine rings is 1. The van der Waals surface area contributed by atoms with E-state index in [-0.39, 0.29) is 0 Å². The molecule has 0 aromatic carbocycles. The number of rotatable bonds is 5. The van der Waals surface area contributed by atoms with Gasteiger partial charge in [0.2, 0.25) is 0 Å². The van der Waals surface area contributed by atoms with Crippen LogP contribution in [0.25, 0.3) is 5.82 Å². The summed E-state index contributed by atoms with van der Waals surface area (Å²) in [7, 11) is 0. The van der Waals surface area contributed by atoms with Crippen LogP contribution in [0.1, 0.15) is 37.1 Å². The molecular formula is C14H17ClN4. The number of aromatic nitrogens is 3. The van der Waals surface area contributed by atoms with Crippen LogP contribution in [-0.4, -0.2) is 21.3 Å². The molecule has 0 spiro atoms. The first-order chi connectivity index (χ1) is 9.28. The predicted molar refractivity (Wildman–Crippen MR) is 75.7 cm³/mol. The second kappa shape index (κ2) is 5.31. The maximum atomic E-state index is 6.15. The molecule has 0 aliphatic heterocycles. The fraction of sp³-hybridized carbons (Fsp3) is 0.429. The van der Waals surface area contributed by atoms with Crippen molar-refractivity contribution >= 4 is 11.6 Å². The van der Waals surface area contributed by atoms with E-state index in [4.69, 9.17) is 11.6 Å². The highest BCUT2D eigenvalue weighted by Crippen LogP contribution is 2.38. The van der Waals surface area contributed by atoms with Crippen molar-refractivity contribution in [3.8, 4) is 5.82 Å². The molecule has 0 radical (unpaired) electrons. The molecule has 3 rings (SSSR count). The summed E-state index contributed by atoms with van der Waals surface area (Å²) in [5.41, 5.74) is 2.04. The van der Waals surface area contributed by atoms with Crippen molar-refractivity contribution in [2.24, 2.45) is 0 Å². The van der Waals surface area contributed by atoms with Gasteiger partial charge in [-0.1, -0.05) is 18.5 Å². The summed E-state index contributed by atoms with van der Waals surface area (Å²) in [6.07, 6.45) is 4.49. The Morgan fingerprint density at radius 3 is 2.95 bits per heavy atom. The highest BCUT2D eigenvalue weighted by atomic mass is 35.5. The molecule has 1 aliphatic rings. The van der Waals surface area contributed by atoms with Crippen LogP contribution >= 0.6 is 11.6 Å². The Labute approximate surface area is 117 Å². The first-order valence-corrected chi connectivity index (χ1v) is 7.08. The van der Waals surface area contributed by atoms with Gasteiger partial charge in [-0.05, 0) is 37.6 Å². The third-order valence-corrected chi connectivity index (χ3v) is 3.63. The molecule has 5 heteroatoms. The van der Waals surface area contributed by atoms with Crippen LogP contribution in [0.3, 0.4) is 0 Å². The minimum Gasteiger partial charge on any atom is -0.311 e. The van der Waals surface area contributed by atoms with Crippen LogP contribution in [-0.2, 0) is 6.54 Å². The summed E-state index contributed by atoms with van der Waals surface area (Å²) in [6.45, 7) is 3.64. The Hall–Kier alpha value is -1.39. The fourth-order valence-electron chi connectivity index (χ4n) is 2.03. The van der Waals surface area contributed by atoms with Gasteiger partial charge in [-0.15, -0.1) is 0 Å². The van der Waals surface area contributed by atoms with E-state index < -0.39 is 0 Å². The van der Waals surface area contributed by atoms with Gasteiger partial charge < -0.3 is 5.32 Å². The SMILES string of the molecule is CCNCc1nc(-n2ccc(C3CC3)n2)ccc1Cl. The molecule has 100 valence electrons. The molecule has 0 atom stereocenters. The van der Waals surface area contributed by atoms with Gasteiger partial charge in [-0.3, -0.25) is 0 Å². The Bertz CT molecular complexity index is 575. The first kappa shape index (κ1) is 12.6. The number of nitrogens with zero attached hydrogens (tertiary/aromatic N) is 3. The van der Waals surface area contributed by atoms with E-state index in [1.807, 2.05) is 23.0 Å². The van der Waals surface area contributed by atoms with Crippen molar-refractivity contribution < 1.29 is 0 Å². The molecule has 2 aromatic heterocycles. The zero-order chi connectivity index (χ0) is 13.2. The minimum atomic E-state index is 0.662. The lowest BCUT2D eigenvalue weighted by atomic mass is 10.3. The number of halogens is 1. The maximum absolute atomic E-state index is 6.15. The topological polar surface area (TPSA) is 42.7 Å². The van der Waals surface area contributed by atoms with Crippen LogP contribution in [0.5, 0.6) is 0 Å². The van der Waals surface area contributed by atoms with E-state index >= 15 is 0 Å². The Morgan fingerprint density at radius 1 is 1.37 bits per heavy atom. The molecule has 4 nitrogen and oxygen atoms in total. The summed E-state index contributed by atoms with van der Waals surface area (Å²) in [6, 6.07) is 5.87. The largest absolute Gasteiger partial charge is 0.311 e. The van der Waals surface area contributed by atoms with Crippen molar-refractivity contribution in [3.05, 3.63) is 40.8 Å². The van der Waals surface area contributed by atoms with E-state index in [2.05, 4.69) is 28.4 Å². The molecule has 19 heavy (non-hydrogen) atoms. The van der Waals surface area contributed by atoms with Crippen molar-refractivity contribution in [3.63, 3.8) is 0 Å². The van der Waals surface area contributed by atoms with Gasteiger partial charge in [-0.25, -0.2) is 9.67 Å². The molecule has 2 heterocycles. The lowest BCUT2D eigenvalue weighted by molar-refractivity contribution is 0.703. The zero-order valence-corrected chi connectivity index (χ0v) is 11.7. The minimum absolute atomic E-state index is 0.662. The first-order valence-electron chi connectivity index (χ1n) is 6.70. The second-order valence-electron chi connectivity index (χ2n) is 4.84. The third-order valence-electron chi connectivity index (χ3n) is 3.29. The fourth-order valence-corrected chi connectivity index (χ4v) is 2.20. The van der Waals surface area contributed by atoms with Crippen LogP contribution in [0.2, 0.25) is 5.02 Å². The highest BCUT2D eigenvalue weighted by molar-refractivity contribution is 6.31. The van der Waals surface area contributed by atoms with Crippen molar-refractivity contribution in [1.29, 1.82) is 0 Å². The second-order valence-corrected chi connectivity index (χ2v) is 5.24. The van der Waals surface area contributed by atoms with Gasteiger partial charge >= 0.3 is 0 Å². The smallest absolute Gasteiger partial charge is 0.153 e. The van der Waals surface area contributed by atoms with Crippen LogP contribution < -0.4 is 5.32 Å². The average Bonchev–Trinajstić information content (AvgIpc) is 3.16. The summed E-state index contributed by atoms with van der Waals surface area (Å²) in [5.74, 6) is 1.49. The number of hydrogen-bond acceptors (Lipinski definition) is 3. The molecule has 0 saturated heterocycles. The van der Waals surface area contributed by atoms with E-state index in [1.54, 1.807) is 0 Å². The normalized spacial score (nSPS) is 14.8. The molecule has 0 bridgehead atoms. The lowest BCUT2D eigenvalue weighted by Gasteiger charge is -2.07. The molecule has 0 unspecified atom stereocenters. The molecule has 2 aromatic rings. The monoisotopic (exact) mass is 276 g/mol. The Morgan fingerprint density at radius 2 is 2.21 bits per heavy atom. The van der Waals surface area contributed by atoms with E-state index in [0.717, 1.165) is 18.1 Å². The van der Waals surface area contributed by atoms with Crippen LogP contribution in [0.15, 0.2) is 24.4 Å². The van der Waals surface area contributed by atoms with E-state index in [1.165, 1.54) is 18.5 Å². The summed E-state index contributed by atoms with van der Waals surface area (Å²) in [4.78, 5) is 4.58. The quantitative estimate of drug-likeness (QED) is 0.913. The van der Waals surface area contributed by atoms with Crippen LogP contribution in [0.4, 0.5) is 0 Å². The molecular weight excluding hydrogens is 260 g/mol. The van der Waals surface area contributed by atoms with Gasteiger partial charge in [-0.2, -0.15) is 5.10 Å². The molecule has 1 saturated carbocycles. The lowest BCUT2D eigenvalue weighted by Crippen LogP contribution is -2.14. The van der Waals surface area contributed by atoms with E-state index in [9.17, 15) is 0 Å². The van der Waals surface area contributed by atoms with Crippen molar-refractivity contribution in [2.45, 2.75) is 32.2 Å². The summed E-state index contributed by atoms with van der Waals surface area (Å²) >= 11 is 6.15.